The number of rotatable bonds is 5. The Kier molecular flexibility index (Phi) is 5.06. The number of aldehydes is 1. The molecule has 76 valence electrons. The topological polar surface area (TPSA) is 26.3 Å². The van der Waals surface area contributed by atoms with Crippen molar-refractivity contribution in [2.45, 2.75) is 51.6 Å². The van der Waals surface area contributed by atoms with Gasteiger partial charge in [-0.1, -0.05) is 26.2 Å². The summed E-state index contributed by atoms with van der Waals surface area (Å²) in [7, 11) is 0. The second kappa shape index (κ2) is 6.14. The second-order valence-electron chi connectivity index (χ2n) is 3.82. The van der Waals surface area contributed by atoms with E-state index in [-0.39, 0.29) is 0 Å². The second-order valence-corrected chi connectivity index (χ2v) is 3.82. The molecule has 1 rings (SSSR count). The van der Waals surface area contributed by atoms with Crippen LogP contribution >= 0.6 is 0 Å². The largest absolute Gasteiger partial charge is 0.377 e. The summed E-state index contributed by atoms with van der Waals surface area (Å²) in [6.45, 7) is 2.84. The zero-order valence-electron chi connectivity index (χ0n) is 8.50. The summed E-state index contributed by atoms with van der Waals surface area (Å²) in [5.74, 6) is 0.736. The third-order valence-corrected chi connectivity index (χ3v) is 2.93. The van der Waals surface area contributed by atoms with E-state index in [9.17, 15) is 4.79 Å². The van der Waals surface area contributed by atoms with Crippen LogP contribution in [0.4, 0.5) is 0 Å². The first-order valence-electron chi connectivity index (χ1n) is 5.43. The lowest BCUT2D eigenvalue weighted by molar-refractivity contribution is -0.109. The SMILES string of the molecule is CCC1CCCCC1OCCC=O. The molecule has 0 aromatic carbocycles. The zero-order chi connectivity index (χ0) is 9.52. The van der Waals surface area contributed by atoms with Crippen LogP contribution in [0.3, 0.4) is 0 Å². The minimum Gasteiger partial charge on any atom is -0.377 e. The van der Waals surface area contributed by atoms with Crippen LogP contribution in [0.15, 0.2) is 0 Å². The summed E-state index contributed by atoms with van der Waals surface area (Å²) in [5, 5.41) is 0. The van der Waals surface area contributed by atoms with Crippen LogP contribution in [0, 0.1) is 5.92 Å². The number of ether oxygens (including phenoxy) is 1. The molecule has 2 atom stereocenters. The Morgan fingerprint density at radius 3 is 2.85 bits per heavy atom. The fourth-order valence-corrected chi connectivity index (χ4v) is 2.13. The third kappa shape index (κ3) is 3.47. The van der Waals surface area contributed by atoms with Crippen LogP contribution in [0.1, 0.15) is 45.4 Å². The highest BCUT2D eigenvalue weighted by Gasteiger charge is 2.23. The minimum absolute atomic E-state index is 0.429. The summed E-state index contributed by atoms with van der Waals surface area (Å²) in [6, 6.07) is 0. The summed E-state index contributed by atoms with van der Waals surface area (Å²) in [5.41, 5.74) is 0. The van der Waals surface area contributed by atoms with Crippen molar-refractivity contribution in [1.29, 1.82) is 0 Å². The van der Waals surface area contributed by atoms with Crippen molar-refractivity contribution in [2.24, 2.45) is 5.92 Å². The van der Waals surface area contributed by atoms with Crippen LogP contribution < -0.4 is 0 Å². The first-order chi connectivity index (χ1) is 6.38. The molecule has 2 unspecified atom stereocenters. The van der Waals surface area contributed by atoms with Gasteiger partial charge in [-0.3, -0.25) is 0 Å². The fraction of sp³-hybridized carbons (Fsp3) is 0.909. The normalized spacial score (nSPS) is 28.7. The average molecular weight is 184 g/mol. The van der Waals surface area contributed by atoms with Crippen molar-refractivity contribution in [2.75, 3.05) is 6.61 Å². The molecule has 2 nitrogen and oxygen atoms in total. The molecule has 1 aliphatic carbocycles. The molecular weight excluding hydrogens is 164 g/mol. The van der Waals surface area contributed by atoms with Crippen molar-refractivity contribution < 1.29 is 9.53 Å². The lowest BCUT2D eigenvalue weighted by Gasteiger charge is -2.30. The summed E-state index contributed by atoms with van der Waals surface area (Å²) >= 11 is 0. The van der Waals surface area contributed by atoms with E-state index in [1.54, 1.807) is 0 Å². The molecule has 0 spiro atoms. The molecule has 0 saturated heterocycles. The van der Waals surface area contributed by atoms with Crippen molar-refractivity contribution in [3.8, 4) is 0 Å². The molecule has 0 heterocycles. The van der Waals surface area contributed by atoms with Gasteiger partial charge in [-0.2, -0.15) is 0 Å². The summed E-state index contributed by atoms with van der Waals surface area (Å²) in [4.78, 5) is 10.1. The van der Waals surface area contributed by atoms with Gasteiger partial charge in [-0.05, 0) is 18.8 Å². The van der Waals surface area contributed by atoms with Crippen molar-refractivity contribution in [3.63, 3.8) is 0 Å². The third-order valence-electron chi connectivity index (χ3n) is 2.93. The Hall–Kier alpha value is -0.370. The number of hydrogen-bond donors (Lipinski definition) is 0. The highest BCUT2D eigenvalue weighted by molar-refractivity contribution is 5.49. The van der Waals surface area contributed by atoms with Gasteiger partial charge in [-0.25, -0.2) is 0 Å². The van der Waals surface area contributed by atoms with Crippen molar-refractivity contribution >= 4 is 6.29 Å². The Labute approximate surface area is 80.7 Å². The highest BCUT2D eigenvalue weighted by atomic mass is 16.5. The first-order valence-corrected chi connectivity index (χ1v) is 5.43. The Morgan fingerprint density at radius 2 is 2.15 bits per heavy atom. The van der Waals surface area contributed by atoms with E-state index >= 15 is 0 Å². The fourth-order valence-electron chi connectivity index (χ4n) is 2.13. The van der Waals surface area contributed by atoms with E-state index in [1.165, 1.54) is 32.1 Å². The van der Waals surface area contributed by atoms with Gasteiger partial charge in [-0.15, -0.1) is 0 Å². The predicted octanol–water partition coefficient (Wildman–Crippen LogP) is 2.56. The molecule has 1 fully saturated rings. The van der Waals surface area contributed by atoms with Crippen molar-refractivity contribution in [1.82, 2.24) is 0 Å². The molecule has 0 aliphatic heterocycles. The minimum atomic E-state index is 0.429. The van der Waals surface area contributed by atoms with Gasteiger partial charge in [0.25, 0.3) is 0 Å². The summed E-state index contributed by atoms with van der Waals surface area (Å²) < 4.78 is 5.70. The Bertz CT molecular complexity index is 145. The van der Waals surface area contributed by atoms with Gasteiger partial charge in [0.2, 0.25) is 0 Å². The molecule has 1 saturated carbocycles. The van der Waals surface area contributed by atoms with Gasteiger partial charge < -0.3 is 9.53 Å². The number of carbonyl (C=O) groups excluding carboxylic acids is 1. The maximum absolute atomic E-state index is 10.1. The molecule has 0 aromatic rings. The molecule has 0 amide bonds. The number of carbonyl (C=O) groups is 1. The molecule has 0 bridgehead atoms. The van der Waals surface area contributed by atoms with E-state index in [1.807, 2.05) is 0 Å². The van der Waals surface area contributed by atoms with Crippen LogP contribution in [-0.2, 0) is 9.53 Å². The van der Waals surface area contributed by atoms with Gasteiger partial charge >= 0.3 is 0 Å². The van der Waals surface area contributed by atoms with Gasteiger partial charge in [0.05, 0.1) is 12.7 Å². The molecule has 13 heavy (non-hydrogen) atoms. The van der Waals surface area contributed by atoms with E-state index in [4.69, 9.17) is 4.74 Å². The standard InChI is InChI=1S/C11H20O2/c1-2-10-6-3-4-7-11(10)13-9-5-8-12/h8,10-11H,2-7,9H2,1H3. The van der Waals surface area contributed by atoms with Gasteiger partial charge in [0.1, 0.15) is 6.29 Å². The van der Waals surface area contributed by atoms with Crippen molar-refractivity contribution in [3.05, 3.63) is 0 Å². The van der Waals surface area contributed by atoms with Gasteiger partial charge in [0.15, 0.2) is 0 Å². The quantitative estimate of drug-likeness (QED) is 0.485. The van der Waals surface area contributed by atoms with E-state index in [0.717, 1.165) is 12.2 Å². The lowest BCUT2D eigenvalue weighted by atomic mass is 9.85. The van der Waals surface area contributed by atoms with Crippen LogP contribution in [-0.4, -0.2) is 19.0 Å². The average Bonchev–Trinajstić information content (AvgIpc) is 2.19. The zero-order valence-corrected chi connectivity index (χ0v) is 8.50. The maximum Gasteiger partial charge on any atom is 0.122 e. The molecule has 1 aliphatic rings. The highest BCUT2D eigenvalue weighted by Crippen LogP contribution is 2.28. The monoisotopic (exact) mass is 184 g/mol. The number of hydrogen-bond acceptors (Lipinski definition) is 2. The van der Waals surface area contributed by atoms with Crippen LogP contribution in [0.5, 0.6) is 0 Å². The maximum atomic E-state index is 10.1. The van der Waals surface area contributed by atoms with E-state index in [2.05, 4.69) is 6.92 Å². The molecule has 0 N–H and O–H groups in total. The van der Waals surface area contributed by atoms with Crippen LogP contribution in [0.2, 0.25) is 0 Å². The van der Waals surface area contributed by atoms with Gasteiger partial charge in [0, 0.05) is 6.42 Å². The summed E-state index contributed by atoms with van der Waals surface area (Å²) in [6.07, 6.45) is 8.27. The molecular formula is C11H20O2. The van der Waals surface area contributed by atoms with Crippen LogP contribution in [0.25, 0.3) is 0 Å². The lowest BCUT2D eigenvalue weighted by Crippen LogP contribution is -2.27. The Balaban J connectivity index is 2.23. The predicted molar refractivity (Wildman–Crippen MR) is 52.7 cm³/mol. The molecule has 0 aromatic heterocycles. The van der Waals surface area contributed by atoms with E-state index < -0.39 is 0 Å². The van der Waals surface area contributed by atoms with E-state index in [0.29, 0.717) is 19.1 Å². The molecule has 0 radical (unpaired) electrons. The smallest absolute Gasteiger partial charge is 0.122 e. The first kappa shape index (κ1) is 10.7. The Morgan fingerprint density at radius 1 is 1.38 bits per heavy atom. The molecule has 2 heteroatoms.